The number of hydrogen-bond acceptors (Lipinski definition) is 18. The van der Waals surface area contributed by atoms with Crippen LogP contribution in [0.1, 0.15) is 146 Å². The highest BCUT2D eigenvalue weighted by atomic mass is 32.1. The van der Waals surface area contributed by atoms with Crippen LogP contribution < -0.4 is 107 Å². The van der Waals surface area contributed by atoms with Crippen molar-refractivity contribution in [2.24, 2.45) is 151 Å². The molecule has 0 radical (unpaired) electrons. The number of nitrogens with one attached hydrogen (secondary N) is 4. The average Bonchev–Trinajstić information content (AvgIpc) is 1.73. The molecule has 0 saturated carbocycles. The number of allylic oxidation sites excluding steroid dienone is 1. The van der Waals surface area contributed by atoms with E-state index in [1.807, 2.05) is 30.3 Å². The van der Waals surface area contributed by atoms with Gasteiger partial charge in [0.15, 0.2) is 64.8 Å². The van der Waals surface area contributed by atoms with Crippen LogP contribution in [-0.4, -0.2) is 176 Å². The lowest BCUT2D eigenvalue weighted by molar-refractivity contribution is -0.136. The van der Waals surface area contributed by atoms with Gasteiger partial charge in [0.1, 0.15) is 5.78 Å². The first-order valence-electron chi connectivity index (χ1n) is 33.7. The van der Waals surface area contributed by atoms with Gasteiger partial charge < -0.3 is 112 Å². The molecule has 1 aromatic rings. The molecule has 2 rings (SSSR count). The number of primary amides is 1. The molecule has 9 atom stereocenters. The number of benzene rings is 1. The number of thiol groups is 1. The van der Waals surface area contributed by atoms with Gasteiger partial charge in [-0.15, -0.1) is 0 Å². The number of carbonyl (C=O) groups is 10. The first-order chi connectivity index (χ1) is 47.8. The van der Waals surface area contributed by atoms with Gasteiger partial charge in [0, 0.05) is 114 Å². The second kappa shape index (κ2) is 47.8. The van der Waals surface area contributed by atoms with Crippen molar-refractivity contribution in [1.29, 1.82) is 0 Å². The zero-order valence-corrected chi connectivity index (χ0v) is 58.8. The predicted octanol–water partition coefficient (Wildman–Crippen LogP) is -4.36. The van der Waals surface area contributed by atoms with Gasteiger partial charge in [-0.1, -0.05) is 30.3 Å². The molecule has 1 aliphatic carbocycles. The van der Waals surface area contributed by atoms with E-state index in [2.05, 4.69) is 68.8 Å². The third kappa shape index (κ3) is 37.1. The Morgan fingerprint density at radius 2 is 0.644 bits per heavy atom. The molecule has 1 aliphatic rings. The van der Waals surface area contributed by atoms with Crippen LogP contribution in [0.2, 0.25) is 0 Å². The standard InChI is InChI=1S/C64H110N26O10S/c1-36(91)29-39(12-4-22-80-58(66)67)54(97)87-45(17-8-26-84-62(74)75)49(92)31-40(13-5-23-81-59(68)69)55(98)88-46(18-9-27-85-63(76)77)50(93)32-41(14-6-24-82-60(70)71)56(99)89-47(19-10-28-86-64(78)79)51(94)33-42(15-7-25-83-61(72)73)57(100)90-48(52(95)34-43(35-101)53(65)96)30-38-21-20-37-11-2-3-16-44(37)38/h2-3,11,16,21,39-43,45-48,101H,4-10,12-15,17-20,22-35H2,1H3,(H2,65,96)(H,87,97)(H,88,98)(H,89,99)(H,90,100)(H4,66,67,80)(H4,68,69,81)(H4,70,71,82)(H4,72,73,83)(H4,74,75,84)(H4,76,77,85)(H4,78,79,86)/t39-,40-,41-,42-,43+,45+,46+,47+,48+/m0/s1. The van der Waals surface area contributed by atoms with E-state index in [9.17, 15) is 38.4 Å². The zero-order chi connectivity index (χ0) is 75.6. The summed E-state index contributed by atoms with van der Waals surface area (Å²) in [7, 11) is 0. The molecule has 0 aliphatic heterocycles. The minimum Gasteiger partial charge on any atom is -0.370 e. The van der Waals surface area contributed by atoms with Gasteiger partial charge in [0.2, 0.25) is 29.5 Å². The van der Waals surface area contributed by atoms with Crippen LogP contribution in [0.3, 0.4) is 0 Å². The van der Waals surface area contributed by atoms with Crippen molar-refractivity contribution in [3.05, 3.63) is 41.5 Å². The molecule has 0 bridgehead atoms. The Hall–Kier alpha value is -10.1. The molecule has 5 amide bonds. The fourth-order valence-corrected chi connectivity index (χ4v) is 11.6. The highest BCUT2D eigenvalue weighted by Crippen LogP contribution is 2.32. The number of nitrogens with two attached hydrogens (primary N) is 15. The Morgan fingerprint density at radius 1 is 0.376 bits per heavy atom. The first-order valence-corrected chi connectivity index (χ1v) is 34.3. The van der Waals surface area contributed by atoms with Gasteiger partial charge in [-0.2, -0.15) is 12.6 Å². The van der Waals surface area contributed by atoms with Crippen LogP contribution >= 0.6 is 12.6 Å². The van der Waals surface area contributed by atoms with E-state index in [1.54, 1.807) is 0 Å². The molecule has 0 saturated heterocycles. The topological polar surface area (TPSA) is 696 Å². The maximum Gasteiger partial charge on any atom is 0.224 e. The van der Waals surface area contributed by atoms with Crippen molar-refractivity contribution < 1.29 is 47.9 Å². The number of guanidine groups is 7. The molecule has 101 heavy (non-hydrogen) atoms. The maximum atomic E-state index is 15.0. The number of hydrogen-bond donors (Lipinski definition) is 20. The summed E-state index contributed by atoms with van der Waals surface area (Å²) in [4.78, 5) is 170. The Morgan fingerprint density at radius 3 is 0.931 bits per heavy atom. The van der Waals surface area contributed by atoms with Gasteiger partial charge in [-0.25, -0.2) is 0 Å². The Labute approximate surface area is 594 Å². The number of carbonyl (C=O) groups excluding carboxylic acids is 10. The third-order valence-corrected chi connectivity index (χ3v) is 16.9. The highest BCUT2D eigenvalue weighted by Gasteiger charge is 2.36. The van der Waals surface area contributed by atoms with Gasteiger partial charge in [-0.05, 0) is 120 Å². The van der Waals surface area contributed by atoms with Crippen LogP contribution in [-0.2, 0) is 54.4 Å². The van der Waals surface area contributed by atoms with Crippen LogP contribution in [0.25, 0.3) is 5.57 Å². The average molecular weight is 1440 g/mol. The monoisotopic (exact) mass is 1430 g/mol. The molecule has 34 N–H and O–H groups in total. The fraction of sp³-hybridized carbons (Fsp3) is 0.609. The number of aliphatic imine (C=N–C) groups is 7. The number of amides is 5. The second-order valence-corrected chi connectivity index (χ2v) is 25.2. The summed E-state index contributed by atoms with van der Waals surface area (Å²) >= 11 is 4.24. The van der Waals surface area contributed by atoms with E-state index >= 15 is 9.59 Å². The molecular weight excluding hydrogens is 1320 g/mol. The summed E-state index contributed by atoms with van der Waals surface area (Å²) in [5.41, 5.74) is 86.8. The summed E-state index contributed by atoms with van der Waals surface area (Å²) in [6.07, 6.45) is 1.60. The van der Waals surface area contributed by atoms with Gasteiger partial charge in [0.05, 0.1) is 30.1 Å². The molecule has 37 heteroatoms. The normalized spacial score (nSPS) is 14.0. The Bertz CT molecular complexity index is 3160. The van der Waals surface area contributed by atoms with E-state index in [1.165, 1.54) is 6.92 Å². The summed E-state index contributed by atoms with van der Waals surface area (Å²) < 4.78 is 0. The van der Waals surface area contributed by atoms with Crippen molar-refractivity contribution in [2.75, 3.05) is 51.6 Å². The Kier molecular flexibility index (Phi) is 41.2. The van der Waals surface area contributed by atoms with E-state index in [0.717, 1.165) is 16.7 Å². The first kappa shape index (κ1) is 87.0. The fourth-order valence-electron chi connectivity index (χ4n) is 11.3. The largest absolute Gasteiger partial charge is 0.370 e. The quantitative estimate of drug-likeness (QED) is 0.0127. The van der Waals surface area contributed by atoms with Crippen molar-refractivity contribution in [2.45, 2.75) is 166 Å². The second-order valence-electron chi connectivity index (χ2n) is 24.8. The molecule has 0 heterocycles. The molecule has 36 nitrogen and oxygen atoms in total. The molecule has 0 unspecified atom stereocenters. The lowest BCUT2D eigenvalue weighted by Gasteiger charge is -2.27. The number of fused-ring (bicyclic) bond motifs is 1. The molecule has 562 valence electrons. The highest BCUT2D eigenvalue weighted by molar-refractivity contribution is 7.80. The smallest absolute Gasteiger partial charge is 0.224 e. The summed E-state index contributed by atoms with van der Waals surface area (Å²) in [5, 5.41) is 11.3. The molecular formula is C64H110N26O10S. The lowest BCUT2D eigenvalue weighted by Crippen LogP contribution is -2.49. The van der Waals surface area contributed by atoms with Crippen LogP contribution in [0, 0.1) is 29.6 Å². The molecule has 0 aromatic heterocycles. The van der Waals surface area contributed by atoms with E-state index in [0.29, 0.717) is 12.8 Å². The van der Waals surface area contributed by atoms with E-state index in [-0.39, 0.29) is 202 Å². The predicted molar refractivity (Wildman–Crippen MR) is 394 cm³/mol. The van der Waals surface area contributed by atoms with Crippen molar-refractivity contribution in [3.63, 3.8) is 0 Å². The number of nitrogens with zero attached hydrogens (tertiary/aromatic N) is 7. The van der Waals surface area contributed by atoms with Gasteiger partial charge in [-0.3, -0.25) is 78.1 Å². The Balaban J connectivity index is 2.75. The molecule has 1 aromatic carbocycles. The van der Waals surface area contributed by atoms with Gasteiger partial charge in [0.25, 0.3) is 0 Å². The lowest BCUT2D eigenvalue weighted by atomic mass is 9.88. The SMILES string of the molecule is CC(=O)C[C@H](CCCN=C(N)N)C(=O)N[C@H](CCCN=C(N)N)C(=O)C[C@H](CCCN=C(N)N)C(=O)N[C@H](CCCN=C(N)N)C(=O)C[C@H](CCCN=C(N)N)C(=O)N[C@H](CCCN=C(N)N)C(=O)C[C@H](CCCN=C(N)N)C(=O)N[C@H](CC1=CCc2ccccc21)C(=O)C[C@H](CS)C(N)=O. The summed E-state index contributed by atoms with van der Waals surface area (Å²) in [6, 6.07) is 2.42. The van der Waals surface area contributed by atoms with Crippen LogP contribution in [0.4, 0.5) is 0 Å². The maximum absolute atomic E-state index is 15.0. The third-order valence-electron chi connectivity index (χ3n) is 16.5. The van der Waals surface area contributed by atoms with E-state index < -0.39 is 126 Å². The van der Waals surface area contributed by atoms with E-state index in [4.69, 9.17) is 86.0 Å². The summed E-state index contributed by atoms with van der Waals surface area (Å²) in [5.74, 6) is -13.4. The number of rotatable bonds is 54. The zero-order valence-electron chi connectivity index (χ0n) is 57.9. The number of ketones is 5. The van der Waals surface area contributed by atoms with Gasteiger partial charge >= 0.3 is 0 Å². The summed E-state index contributed by atoms with van der Waals surface area (Å²) in [6.45, 7) is 1.64. The van der Waals surface area contributed by atoms with Crippen LogP contribution in [0.5, 0.6) is 0 Å². The number of Topliss-reactive ketones (excluding diaryl/α,β-unsaturated/α-hetero) is 5. The minimum atomic E-state index is -1.37. The van der Waals surface area contributed by atoms with Crippen molar-refractivity contribution >= 4 is 118 Å². The molecule has 0 spiro atoms. The van der Waals surface area contributed by atoms with Crippen LogP contribution in [0.15, 0.2) is 65.3 Å². The molecule has 0 fully saturated rings. The van der Waals surface area contributed by atoms with Crippen molar-refractivity contribution in [3.8, 4) is 0 Å². The minimum absolute atomic E-state index is 0.00184. The van der Waals surface area contributed by atoms with Crippen molar-refractivity contribution in [1.82, 2.24) is 21.3 Å².